The summed E-state index contributed by atoms with van der Waals surface area (Å²) in [5.41, 5.74) is 2.02. The van der Waals surface area contributed by atoms with Crippen LogP contribution in [-0.2, 0) is 20.9 Å². The molecule has 2 fully saturated rings. The smallest absolute Gasteiger partial charge is 0.330 e. The molecule has 4 heterocycles. The molecule has 1 aromatic carbocycles. The molecule has 5 rings (SSSR count). The van der Waals surface area contributed by atoms with Gasteiger partial charge in [0.2, 0.25) is 5.91 Å². The monoisotopic (exact) mass is 515 g/mol. The Labute approximate surface area is 211 Å². The van der Waals surface area contributed by atoms with Gasteiger partial charge in [-0.3, -0.25) is 23.6 Å². The van der Waals surface area contributed by atoms with E-state index in [1.54, 1.807) is 9.13 Å². The third-order valence-electron chi connectivity index (χ3n) is 7.35. The number of hydrogen-bond donors (Lipinski definition) is 2. The van der Waals surface area contributed by atoms with Crippen molar-refractivity contribution in [2.75, 3.05) is 38.4 Å². The molecule has 1 unspecified atom stereocenters. The second-order valence-corrected chi connectivity index (χ2v) is 16.8. The lowest BCUT2D eigenvalue weighted by Gasteiger charge is -2.31. The van der Waals surface area contributed by atoms with Crippen molar-refractivity contribution in [1.82, 2.24) is 19.4 Å². The molecule has 196 valence electrons. The quantitative estimate of drug-likeness (QED) is 0.316. The molecule has 2 aromatic rings. The standard InChI is InChI=1S/C25H37N5O5Si/c1-36(2,3)15-14-34-16-29-21(31)7-6-20(24(29)32)30-19-5-4-18(27-17-8-10-26-11-9-17)23-22(19)28(25(30)33)12-13-35-23/h4-5,17,20,26-27H,6-16H2,1-3H3. The fraction of sp³-hybridized carbons (Fsp3) is 0.640. The molecule has 11 heteroatoms. The predicted molar refractivity (Wildman–Crippen MR) is 140 cm³/mol. The van der Waals surface area contributed by atoms with Crippen LogP contribution in [0.4, 0.5) is 5.69 Å². The summed E-state index contributed by atoms with van der Waals surface area (Å²) < 4.78 is 15.1. The Kier molecular flexibility index (Phi) is 6.97. The van der Waals surface area contributed by atoms with Gasteiger partial charge >= 0.3 is 5.69 Å². The Morgan fingerprint density at radius 1 is 1.14 bits per heavy atom. The molecule has 0 aliphatic carbocycles. The number of piperidine rings is 2. The highest BCUT2D eigenvalue weighted by Crippen LogP contribution is 2.38. The van der Waals surface area contributed by atoms with E-state index in [9.17, 15) is 14.4 Å². The first kappa shape index (κ1) is 25.0. The van der Waals surface area contributed by atoms with Crippen molar-refractivity contribution in [2.24, 2.45) is 0 Å². The minimum absolute atomic E-state index is 0.0648. The number of rotatable bonds is 8. The minimum atomic E-state index is -1.28. The SMILES string of the molecule is C[Si](C)(C)CCOCN1C(=O)CCC(n2c(=O)n3c4c(c(NC5CCNCC5)ccc42)OCC3)C1=O. The average molecular weight is 516 g/mol. The molecule has 2 amide bonds. The van der Waals surface area contributed by atoms with Crippen LogP contribution in [0.2, 0.25) is 25.7 Å². The number of carbonyl (C=O) groups is 2. The second-order valence-electron chi connectivity index (χ2n) is 11.2. The number of benzene rings is 1. The molecule has 1 aromatic heterocycles. The van der Waals surface area contributed by atoms with Crippen molar-refractivity contribution in [1.29, 1.82) is 0 Å². The van der Waals surface area contributed by atoms with Gasteiger partial charge in [-0.05, 0) is 50.5 Å². The predicted octanol–water partition coefficient (Wildman–Crippen LogP) is 2.36. The van der Waals surface area contributed by atoms with Crippen LogP contribution in [0.3, 0.4) is 0 Å². The summed E-state index contributed by atoms with van der Waals surface area (Å²) in [6.45, 7) is 9.97. The highest BCUT2D eigenvalue weighted by molar-refractivity contribution is 6.76. The maximum Gasteiger partial charge on any atom is 0.330 e. The third kappa shape index (κ3) is 4.83. The first-order valence-corrected chi connectivity index (χ1v) is 16.7. The Morgan fingerprint density at radius 2 is 1.92 bits per heavy atom. The molecule has 3 aliphatic heterocycles. The first-order valence-electron chi connectivity index (χ1n) is 13.0. The highest BCUT2D eigenvalue weighted by atomic mass is 28.3. The van der Waals surface area contributed by atoms with E-state index in [2.05, 4.69) is 30.3 Å². The highest BCUT2D eigenvalue weighted by Gasteiger charge is 2.38. The summed E-state index contributed by atoms with van der Waals surface area (Å²) in [5.74, 6) is 0.0425. The summed E-state index contributed by atoms with van der Waals surface area (Å²) in [5, 5.41) is 6.97. The number of likely N-dealkylation sites (tertiary alicyclic amines) is 1. The molecule has 36 heavy (non-hydrogen) atoms. The van der Waals surface area contributed by atoms with Crippen LogP contribution in [0.5, 0.6) is 5.75 Å². The Morgan fingerprint density at radius 3 is 2.67 bits per heavy atom. The van der Waals surface area contributed by atoms with Crippen molar-refractivity contribution >= 4 is 36.6 Å². The molecule has 0 spiro atoms. The number of imidazole rings is 1. The zero-order valence-corrected chi connectivity index (χ0v) is 22.5. The molecular weight excluding hydrogens is 478 g/mol. The summed E-state index contributed by atoms with van der Waals surface area (Å²) in [6, 6.07) is 4.40. The van der Waals surface area contributed by atoms with Gasteiger partial charge in [0.15, 0.2) is 5.75 Å². The molecule has 3 aliphatic rings. The summed E-state index contributed by atoms with van der Waals surface area (Å²) in [7, 11) is -1.28. The van der Waals surface area contributed by atoms with Crippen LogP contribution in [0.1, 0.15) is 31.7 Å². The number of ether oxygens (including phenoxy) is 2. The number of amides is 2. The minimum Gasteiger partial charge on any atom is -0.487 e. The van der Waals surface area contributed by atoms with Gasteiger partial charge in [0.05, 0.1) is 17.7 Å². The van der Waals surface area contributed by atoms with Gasteiger partial charge in [-0.15, -0.1) is 0 Å². The van der Waals surface area contributed by atoms with E-state index in [-0.39, 0.29) is 30.7 Å². The van der Waals surface area contributed by atoms with Crippen molar-refractivity contribution in [2.45, 2.75) is 70.0 Å². The van der Waals surface area contributed by atoms with Crippen LogP contribution >= 0.6 is 0 Å². The molecule has 0 saturated carbocycles. The molecule has 2 saturated heterocycles. The number of nitrogens with zero attached hydrogens (tertiary/aromatic N) is 3. The molecule has 10 nitrogen and oxygen atoms in total. The summed E-state index contributed by atoms with van der Waals surface area (Å²) in [6.07, 6.45) is 2.54. The molecular formula is C25H37N5O5Si. The van der Waals surface area contributed by atoms with E-state index in [0.29, 0.717) is 49.0 Å². The van der Waals surface area contributed by atoms with E-state index in [0.717, 1.165) is 37.7 Å². The van der Waals surface area contributed by atoms with Gasteiger partial charge in [-0.2, -0.15) is 0 Å². The van der Waals surface area contributed by atoms with Crippen molar-refractivity contribution < 1.29 is 19.1 Å². The Bertz CT molecular complexity index is 1210. The average Bonchev–Trinajstić information content (AvgIpc) is 3.13. The van der Waals surface area contributed by atoms with Gasteiger partial charge in [0.25, 0.3) is 5.91 Å². The van der Waals surface area contributed by atoms with Gasteiger partial charge in [-0.25, -0.2) is 4.79 Å². The van der Waals surface area contributed by atoms with E-state index < -0.39 is 14.1 Å². The fourth-order valence-electron chi connectivity index (χ4n) is 5.27. The molecule has 0 bridgehead atoms. The van der Waals surface area contributed by atoms with Gasteiger partial charge in [0, 0.05) is 27.1 Å². The van der Waals surface area contributed by atoms with Gasteiger partial charge < -0.3 is 20.1 Å². The van der Waals surface area contributed by atoms with Crippen molar-refractivity contribution in [3.05, 3.63) is 22.6 Å². The molecule has 0 radical (unpaired) electrons. The van der Waals surface area contributed by atoms with Crippen molar-refractivity contribution in [3.63, 3.8) is 0 Å². The van der Waals surface area contributed by atoms with Crippen LogP contribution in [0.15, 0.2) is 16.9 Å². The number of hydrogen-bond acceptors (Lipinski definition) is 7. The largest absolute Gasteiger partial charge is 0.487 e. The number of carbonyl (C=O) groups excluding carboxylic acids is 2. The second kappa shape index (κ2) is 10.0. The Balaban J connectivity index is 1.43. The Hall–Kier alpha value is -2.63. The van der Waals surface area contributed by atoms with Gasteiger partial charge in [0.1, 0.15) is 24.9 Å². The maximum absolute atomic E-state index is 13.6. The summed E-state index contributed by atoms with van der Waals surface area (Å²) in [4.78, 5) is 40.8. The maximum atomic E-state index is 13.6. The van der Waals surface area contributed by atoms with Crippen LogP contribution in [-0.4, -0.2) is 73.0 Å². The lowest BCUT2D eigenvalue weighted by Crippen LogP contribution is -2.48. The van der Waals surface area contributed by atoms with Crippen LogP contribution < -0.4 is 21.1 Å². The lowest BCUT2D eigenvalue weighted by atomic mass is 10.0. The van der Waals surface area contributed by atoms with E-state index >= 15 is 0 Å². The van der Waals surface area contributed by atoms with E-state index in [1.807, 2.05) is 12.1 Å². The van der Waals surface area contributed by atoms with E-state index in [1.165, 1.54) is 4.90 Å². The number of anilines is 1. The van der Waals surface area contributed by atoms with Crippen LogP contribution in [0, 0.1) is 0 Å². The number of nitrogens with one attached hydrogen (secondary N) is 2. The molecule has 1 atom stereocenters. The zero-order valence-electron chi connectivity index (χ0n) is 21.5. The fourth-order valence-corrected chi connectivity index (χ4v) is 6.03. The molecule has 2 N–H and O–H groups in total. The van der Waals surface area contributed by atoms with E-state index in [4.69, 9.17) is 9.47 Å². The first-order chi connectivity index (χ1) is 17.2. The zero-order chi connectivity index (χ0) is 25.4. The summed E-state index contributed by atoms with van der Waals surface area (Å²) >= 11 is 0. The topological polar surface area (TPSA) is 107 Å². The van der Waals surface area contributed by atoms with Gasteiger partial charge in [-0.1, -0.05) is 19.6 Å². The third-order valence-corrected chi connectivity index (χ3v) is 9.05. The van der Waals surface area contributed by atoms with Crippen molar-refractivity contribution in [3.8, 4) is 5.75 Å². The number of aromatic nitrogens is 2. The lowest BCUT2D eigenvalue weighted by molar-refractivity contribution is -0.157. The normalized spacial score (nSPS) is 21.2. The van der Waals surface area contributed by atoms with Crippen LogP contribution in [0.25, 0.3) is 11.0 Å². The number of imide groups is 1.